The number of aryl methyl sites for hydroxylation is 2. The van der Waals surface area contributed by atoms with E-state index in [0.717, 1.165) is 35.2 Å². The van der Waals surface area contributed by atoms with Gasteiger partial charge in [-0.05, 0) is 105 Å². The van der Waals surface area contributed by atoms with Crippen LogP contribution in [0.1, 0.15) is 79.0 Å². The summed E-state index contributed by atoms with van der Waals surface area (Å²) in [5.41, 5.74) is 3.16. The second-order valence-corrected chi connectivity index (χ2v) is 15.7. The van der Waals surface area contributed by atoms with E-state index in [2.05, 4.69) is 0 Å². The van der Waals surface area contributed by atoms with Crippen LogP contribution in [0, 0.1) is 11.7 Å². The predicted octanol–water partition coefficient (Wildman–Crippen LogP) is 6.01. The van der Waals surface area contributed by atoms with E-state index >= 15 is 0 Å². The number of hydrogen-bond acceptors (Lipinski definition) is 7. The van der Waals surface area contributed by atoms with Crippen LogP contribution in [0.15, 0.2) is 72.8 Å². The van der Waals surface area contributed by atoms with Crippen LogP contribution in [-0.2, 0) is 36.9 Å². The van der Waals surface area contributed by atoms with Gasteiger partial charge in [0.1, 0.15) is 21.3 Å². The van der Waals surface area contributed by atoms with Gasteiger partial charge in [0.2, 0.25) is 5.91 Å². The number of benzene rings is 3. The van der Waals surface area contributed by atoms with Crippen molar-refractivity contribution >= 4 is 27.2 Å². The topological polar surface area (TPSA) is 110 Å². The molecule has 0 aromatic heterocycles. The van der Waals surface area contributed by atoms with Gasteiger partial charge in [-0.1, -0.05) is 36.4 Å². The van der Waals surface area contributed by atoms with Crippen LogP contribution >= 0.6 is 0 Å². The van der Waals surface area contributed by atoms with Crippen molar-refractivity contribution in [3.8, 4) is 0 Å². The van der Waals surface area contributed by atoms with Gasteiger partial charge in [-0.15, -0.1) is 0 Å². The van der Waals surface area contributed by atoms with E-state index in [9.17, 15) is 27.5 Å². The smallest absolute Gasteiger partial charge is 0.233 e. The minimum atomic E-state index is -2.98. The van der Waals surface area contributed by atoms with E-state index in [1.165, 1.54) is 30.5 Å². The summed E-state index contributed by atoms with van der Waals surface area (Å²) in [7, 11) is -2.98. The van der Waals surface area contributed by atoms with Gasteiger partial charge < -0.3 is 19.5 Å². The van der Waals surface area contributed by atoms with E-state index in [-0.39, 0.29) is 43.1 Å². The first-order valence-electron chi connectivity index (χ1n) is 16.2. The van der Waals surface area contributed by atoms with Crippen LogP contribution in [0.5, 0.6) is 0 Å². The molecule has 2 heterocycles. The predicted molar refractivity (Wildman–Crippen MR) is 178 cm³/mol. The maximum absolute atomic E-state index is 13.6. The summed E-state index contributed by atoms with van der Waals surface area (Å²) in [6.45, 7) is 4.06. The Hall–Kier alpha value is -3.44. The lowest BCUT2D eigenvalue weighted by atomic mass is 9.78. The second kappa shape index (κ2) is 14.4. The Morgan fingerprint density at radius 1 is 0.915 bits per heavy atom. The van der Waals surface area contributed by atoms with E-state index < -0.39 is 33.0 Å². The molecule has 1 N–H and O–H groups in total. The number of Topliss-reactive ketones (excluding diaryl/α,β-unsaturated/α-hetero) is 1. The van der Waals surface area contributed by atoms with Gasteiger partial charge >= 0.3 is 0 Å². The lowest BCUT2D eigenvalue weighted by molar-refractivity contribution is -0.302. The van der Waals surface area contributed by atoms with Gasteiger partial charge in [0, 0.05) is 29.7 Å². The summed E-state index contributed by atoms with van der Waals surface area (Å²) in [6.07, 6.45) is 4.97. The summed E-state index contributed by atoms with van der Waals surface area (Å²) in [4.78, 5) is 28.3. The van der Waals surface area contributed by atoms with Crippen molar-refractivity contribution in [1.29, 1.82) is 0 Å². The van der Waals surface area contributed by atoms with Crippen molar-refractivity contribution in [3.05, 3.63) is 101 Å². The van der Waals surface area contributed by atoms with Crippen molar-refractivity contribution < 1.29 is 37.0 Å². The van der Waals surface area contributed by atoms with Crippen molar-refractivity contribution in [2.45, 2.75) is 76.2 Å². The molecule has 3 aromatic rings. The van der Waals surface area contributed by atoms with E-state index in [1.807, 2.05) is 62.4 Å². The van der Waals surface area contributed by atoms with Gasteiger partial charge in [0.15, 0.2) is 11.6 Å². The minimum absolute atomic E-state index is 0.0608. The number of unbranched alkanes of at least 4 members (excludes halogenated alkanes) is 1. The molecule has 0 radical (unpaired) electrons. The quantitative estimate of drug-likeness (QED) is 0.128. The van der Waals surface area contributed by atoms with Crippen LogP contribution < -0.4 is 4.90 Å². The van der Waals surface area contributed by atoms with Gasteiger partial charge in [-0.25, -0.2) is 12.8 Å². The van der Waals surface area contributed by atoms with Crippen molar-refractivity contribution in [3.63, 3.8) is 0 Å². The highest BCUT2D eigenvalue weighted by atomic mass is 32.2. The number of rotatable bonds is 14. The standard InChI is InChI=1S/C37H44FNO7S/c1-36(2)45-24-37(42,25-46-36)22-21-27-7-11-29(12-8-27)34-32(19-20-33(40)28-13-15-30(38)16-14-28)35(41)39(34)31-17-9-26(10-18-31)6-4-5-23-47(3,43)44/h7-18,32,34,42H,4-6,19-25H2,1-3H3/t32?,34-/m1/s1. The number of carbonyl (C=O) groups is 2. The number of aliphatic hydroxyl groups is 1. The summed E-state index contributed by atoms with van der Waals surface area (Å²) in [6, 6.07) is 21.0. The fourth-order valence-electron chi connectivity index (χ4n) is 6.18. The highest BCUT2D eigenvalue weighted by molar-refractivity contribution is 7.90. The Morgan fingerprint density at radius 2 is 1.51 bits per heavy atom. The first-order valence-corrected chi connectivity index (χ1v) is 18.3. The van der Waals surface area contributed by atoms with Crippen molar-refractivity contribution in [2.75, 3.05) is 30.1 Å². The molecule has 2 aliphatic rings. The molecule has 1 unspecified atom stereocenters. The number of amides is 1. The molecule has 2 atom stereocenters. The number of ether oxygens (including phenoxy) is 2. The van der Waals surface area contributed by atoms with Crippen LogP contribution in [-0.4, -0.2) is 61.8 Å². The molecule has 0 spiro atoms. The Labute approximate surface area is 276 Å². The van der Waals surface area contributed by atoms with Crippen LogP contribution in [0.4, 0.5) is 10.1 Å². The van der Waals surface area contributed by atoms with Gasteiger partial charge in [0.05, 0.1) is 25.2 Å². The fraction of sp³-hybridized carbons (Fsp3) is 0.459. The summed E-state index contributed by atoms with van der Waals surface area (Å²) in [5, 5.41) is 10.9. The summed E-state index contributed by atoms with van der Waals surface area (Å²) in [5.74, 6) is -1.55. The van der Waals surface area contributed by atoms with E-state index in [0.29, 0.717) is 31.2 Å². The SMILES string of the molecule is CC1(C)OCC(O)(CCc2ccc([C@@H]3C(CCC(=O)c4ccc(F)cc4)C(=O)N3c3ccc(CCCCS(C)(=O)=O)cc3)cc2)CO1. The Bertz CT molecular complexity index is 1640. The first kappa shape index (κ1) is 34.9. The molecule has 47 heavy (non-hydrogen) atoms. The molecule has 0 bridgehead atoms. The summed E-state index contributed by atoms with van der Waals surface area (Å²) >= 11 is 0. The molecule has 2 saturated heterocycles. The molecule has 2 fully saturated rings. The fourth-order valence-corrected chi connectivity index (χ4v) is 6.91. The van der Waals surface area contributed by atoms with Crippen LogP contribution in [0.3, 0.4) is 0 Å². The maximum atomic E-state index is 13.6. The highest BCUT2D eigenvalue weighted by Gasteiger charge is 2.48. The maximum Gasteiger partial charge on any atom is 0.233 e. The van der Waals surface area contributed by atoms with Gasteiger partial charge in [0.25, 0.3) is 0 Å². The molecule has 0 saturated carbocycles. The second-order valence-electron chi connectivity index (χ2n) is 13.4. The molecule has 0 aliphatic carbocycles. The molecule has 1 amide bonds. The molecular formula is C37H44FNO7S. The minimum Gasteiger partial charge on any atom is -0.385 e. The molecule has 10 heteroatoms. The molecule has 5 rings (SSSR count). The Kier molecular flexibility index (Phi) is 10.7. The van der Waals surface area contributed by atoms with Crippen LogP contribution in [0.2, 0.25) is 0 Å². The number of nitrogens with zero attached hydrogens (tertiary/aromatic N) is 1. The van der Waals surface area contributed by atoms with Gasteiger partial charge in [-0.3, -0.25) is 9.59 Å². The zero-order chi connectivity index (χ0) is 33.8. The Balaban J connectivity index is 1.28. The number of sulfone groups is 1. The molecule has 8 nitrogen and oxygen atoms in total. The number of β-lactam (4-membered cyclic amide) rings is 1. The van der Waals surface area contributed by atoms with Crippen molar-refractivity contribution in [1.82, 2.24) is 0 Å². The van der Waals surface area contributed by atoms with Crippen molar-refractivity contribution in [2.24, 2.45) is 5.92 Å². The first-order chi connectivity index (χ1) is 22.2. The number of carbonyl (C=O) groups excluding carboxylic acids is 2. The van der Waals surface area contributed by atoms with Crippen LogP contribution in [0.25, 0.3) is 0 Å². The van der Waals surface area contributed by atoms with Gasteiger partial charge in [-0.2, -0.15) is 0 Å². The third kappa shape index (κ3) is 9.13. The van der Waals surface area contributed by atoms with E-state index in [1.54, 1.807) is 4.90 Å². The zero-order valence-corrected chi connectivity index (χ0v) is 28.1. The normalized spacial score (nSPS) is 20.5. The monoisotopic (exact) mass is 665 g/mol. The number of ketones is 1. The average Bonchev–Trinajstić information content (AvgIpc) is 3.03. The lowest BCUT2D eigenvalue weighted by Gasteiger charge is -2.47. The average molecular weight is 666 g/mol. The number of anilines is 1. The third-order valence-corrected chi connectivity index (χ3v) is 10.1. The molecule has 252 valence electrons. The highest BCUT2D eigenvalue weighted by Crippen LogP contribution is 2.46. The largest absolute Gasteiger partial charge is 0.385 e. The number of hydrogen-bond donors (Lipinski definition) is 1. The van der Waals surface area contributed by atoms with E-state index in [4.69, 9.17) is 9.47 Å². The molecular weight excluding hydrogens is 621 g/mol. The Morgan fingerprint density at radius 3 is 2.13 bits per heavy atom. The number of halogens is 1. The molecule has 3 aromatic carbocycles. The zero-order valence-electron chi connectivity index (χ0n) is 27.3. The third-order valence-electron chi connectivity index (χ3n) is 9.08. The summed E-state index contributed by atoms with van der Waals surface area (Å²) < 4.78 is 47.6. The lowest BCUT2D eigenvalue weighted by Crippen LogP contribution is -2.55. The molecule has 2 aliphatic heterocycles.